The topological polar surface area (TPSA) is 87.7 Å². The third kappa shape index (κ3) is 10.1. The molecule has 2 amide bonds. The van der Waals surface area contributed by atoms with Gasteiger partial charge in [0.1, 0.15) is 6.04 Å². The molecular formula is C13H24N2O4. The monoisotopic (exact) mass is 272 g/mol. The zero-order valence-corrected chi connectivity index (χ0v) is 11.9. The van der Waals surface area contributed by atoms with Gasteiger partial charge >= 0.3 is 12.0 Å². The fourth-order valence-corrected chi connectivity index (χ4v) is 1.39. The van der Waals surface area contributed by atoms with Crippen LogP contribution in [0.2, 0.25) is 0 Å². The number of aliphatic carboxylic acids is 1. The van der Waals surface area contributed by atoms with Crippen molar-refractivity contribution in [3.05, 3.63) is 12.2 Å². The molecule has 19 heavy (non-hydrogen) atoms. The van der Waals surface area contributed by atoms with Gasteiger partial charge in [-0.3, -0.25) is 0 Å². The lowest BCUT2D eigenvalue weighted by molar-refractivity contribution is -0.139. The van der Waals surface area contributed by atoms with E-state index in [1.54, 1.807) is 0 Å². The molecule has 1 unspecified atom stereocenters. The van der Waals surface area contributed by atoms with Crippen LogP contribution in [-0.4, -0.2) is 42.9 Å². The number of urea groups is 1. The van der Waals surface area contributed by atoms with Gasteiger partial charge in [-0.05, 0) is 19.3 Å². The predicted molar refractivity (Wildman–Crippen MR) is 73.0 cm³/mol. The number of hydrogen-bond donors (Lipinski definition) is 3. The van der Waals surface area contributed by atoms with Crippen LogP contribution >= 0.6 is 0 Å². The molecule has 0 saturated carbocycles. The van der Waals surface area contributed by atoms with Gasteiger partial charge in [0.25, 0.3) is 0 Å². The van der Waals surface area contributed by atoms with E-state index in [0.29, 0.717) is 26.2 Å². The van der Waals surface area contributed by atoms with Gasteiger partial charge in [0.15, 0.2) is 0 Å². The lowest BCUT2D eigenvalue weighted by Crippen LogP contribution is -2.47. The molecule has 110 valence electrons. The Bertz CT molecular complexity index is 316. The first-order valence-electron chi connectivity index (χ1n) is 6.32. The Balaban J connectivity index is 3.87. The minimum atomic E-state index is -1.03. The van der Waals surface area contributed by atoms with Gasteiger partial charge in [-0.2, -0.15) is 0 Å². The lowest BCUT2D eigenvalue weighted by Gasteiger charge is -2.16. The molecule has 3 N–H and O–H groups in total. The molecule has 0 aromatic rings. The van der Waals surface area contributed by atoms with Crippen LogP contribution in [0.3, 0.4) is 0 Å². The Morgan fingerprint density at radius 3 is 2.47 bits per heavy atom. The summed E-state index contributed by atoms with van der Waals surface area (Å²) >= 11 is 0. The van der Waals surface area contributed by atoms with Crippen LogP contribution in [0.1, 0.15) is 27.2 Å². The molecule has 1 atom stereocenters. The average Bonchev–Trinajstić information content (AvgIpc) is 2.26. The van der Waals surface area contributed by atoms with Crippen LogP contribution in [-0.2, 0) is 9.53 Å². The number of hydrogen-bond acceptors (Lipinski definition) is 3. The van der Waals surface area contributed by atoms with E-state index < -0.39 is 18.0 Å². The molecule has 0 heterocycles. The zero-order chi connectivity index (χ0) is 14.8. The van der Waals surface area contributed by atoms with E-state index in [2.05, 4.69) is 17.2 Å². The van der Waals surface area contributed by atoms with Crippen molar-refractivity contribution in [2.45, 2.75) is 33.2 Å². The SMILES string of the molecule is C=C(C)COCCNC(=O)NC(CC(C)C)C(=O)O. The Morgan fingerprint density at radius 1 is 1.37 bits per heavy atom. The Hall–Kier alpha value is -1.56. The minimum Gasteiger partial charge on any atom is -0.480 e. The highest BCUT2D eigenvalue weighted by Crippen LogP contribution is 2.04. The minimum absolute atomic E-state index is 0.195. The summed E-state index contributed by atoms with van der Waals surface area (Å²) in [6, 6.07) is -1.36. The summed E-state index contributed by atoms with van der Waals surface area (Å²) in [5, 5.41) is 13.9. The van der Waals surface area contributed by atoms with Gasteiger partial charge in [0.05, 0.1) is 13.2 Å². The van der Waals surface area contributed by atoms with Crippen molar-refractivity contribution in [3.8, 4) is 0 Å². The highest BCUT2D eigenvalue weighted by molar-refractivity contribution is 5.82. The fraction of sp³-hybridized carbons (Fsp3) is 0.692. The number of carbonyl (C=O) groups excluding carboxylic acids is 1. The molecule has 0 radical (unpaired) electrons. The van der Waals surface area contributed by atoms with Crippen molar-refractivity contribution in [1.29, 1.82) is 0 Å². The van der Waals surface area contributed by atoms with Gasteiger partial charge < -0.3 is 20.5 Å². The standard InChI is InChI=1S/C13H24N2O4/c1-9(2)7-11(12(16)17)15-13(18)14-5-6-19-8-10(3)4/h9,11H,3,5-8H2,1-2,4H3,(H,16,17)(H2,14,15,18). The third-order valence-electron chi connectivity index (χ3n) is 2.19. The molecule has 0 aliphatic heterocycles. The normalized spacial score (nSPS) is 12.0. The van der Waals surface area contributed by atoms with E-state index in [-0.39, 0.29) is 5.92 Å². The maximum Gasteiger partial charge on any atom is 0.326 e. The van der Waals surface area contributed by atoms with Crippen molar-refractivity contribution in [2.24, 2.45) is 5.92 Å². The van der Waals surface area contributed by atoms with E-state index in [1.165, 1.54) is 0 Å². The second-order valence-electron chi connectivity index (χ2n) is 4.93. The molecule has 0 saturated heterocycles. The second kappa shape index (κ2) is 9.38. The second-order valence-corrected chi connectivity index (χ2v) is 4.93. The summed E-state index contributed by atoms with van der Waals surface area (Å²) in [6.45, 7) is 10.5. The lowest BCUT2D eigenvalue weighted by atomic mass is 10.0. The van der Waals surface area contributed by atoms with Crippen LogP contribution in [0.5, 0.6) is 0 Å². The summed E-state index contributed by atoms with van der Waals surface area (Å²) in [6.07, 6.45) is 0.398. The number of amides is 2. The average molecular weight is 272 g/mol. The van der Waals surface area contributed by atoms with E-state index >= 15 is 0 Å². The number of carbonyl (C=O) groups is 2. The Morgan fingerprint density at radius 2 is 2.00 bits per heavy atom. The fourth-order valence-electron chi connectivity index (χ4n) is 1.39. The highest BCUT2D eigenvalue weighted by atomic mass is 16.5. The zero-order valence-electron chi connectivity index (χ0n) is 11.9. The molecule has 0 rings (SSSR count). The maximum absolute atomic E-state index is 11.5. The predicted octanol–water partition coefficient (Wildman–Crippen LogP) is 1.38. The third-order valence-corrected chi connectivity index (χ3v) is 2.19. The van der Waals surface area contributed by atoms with Gasteiger partial charge in [0, 0.05) is 6.54 Å². The molecule has 0 aliphatic carbocycles. The van der Waals surface area contributed by atoms with Crippen LogP contribution in [0, 0.1) is 5.92 Å². The molecule has 0 fully saturated rings. The summed E-state index contributed by atoms with van der Waals surface area (Å²) in [5.41, 5.74) is 0.910. The number of ether oxygens (including phenoxy) is 1. The molecule has 0 aromatic carbocycles. The Labute approximate surface area is 114 Å². The molecule has 6 heteroatoms. The van der Waals surface area contributed by atoms with Crippen molar-refractivity contribution >= 4 is 12.0 Å². The van der Waals surface area contributed by atoms with Crippen molar-refractivity contribution < 1.29 is 19.4 Å². The smallest absolute Gasteiger partial charge is 0.326 e. The van der Waals surface area contributed by atoms with E-state index in [1.807, 2.05) is 20.8 Å². The molecule has 0 bridgehead atoms. The van der Waals surface area contributed by atoms with E-state index in [0.717, 1.165) is 5.57 Å². The van der Waals surface area contributed by atoms with Gasteiger partial charge in [0.2, 0.25) is 0 Å². The van der Waals surface area contributed by atoms with Gasteiger partial charge in [-0.15, -0.1) is 0 Å². The number of carboxylic acids is 1. The van der Waals surface area contributed by atoms with Crippen LogP contribution < -0.4 is 10.6 Å². The number of carboxylic acid groups (broad SMARTS) is 1. The maximum atomic E-state index is 11.5. The largest absolute Gasteiger partial charge is 0.480 e. The van der Waals surface area contributed by atoms with E-state index in [4.69, 9.17) is 9.84 Å². The quantitative estimate of drug-likeness (QED) is 0.437. The van der Waals surface area contributed by atoms with Crippen LogP contribution in [0.15, 0.2) is 12.2 Å². The summed E-state index contributed by atoms with van der Waals surface area (Å²) in [7, 11) is 0. The first kappa shape index (κ1) is 17.4. The molecule has 0 spiro atoms. The van der Waals surface area contributed by atoms with E-state index in [9.17, 15) is 9.59 Å². The van der Waals surface area contributed by atoms with Crippen LogP contribution in [0.4, 0.5) is 4.79 Å². The van der Waals surface area contributed by atoms with Crippen molar-refractivity contribution in [2.75, 3.05) is 19.8 Å². The van der Waals surface area contributed by atoms with Crippen LogP contribution in [0.25, 0.3) is 0 Å². The Kier molecular flexibility index (Phi) is 8.61. The molecule has 6 nitrogen and oxygen atoms in total. The highest BCUT2D eigenvalue weighted by Gasteiger charge is 2.20. The number of rotatable bonds is 9. The summed E-state index contributed by atoms with van der Waals surface area (Å²) in [5.74, 6) is -0.831. The van der Waals surface area contributed by atoms with Crippen molar-refractivity contribution in [1.82, 2.24) is 10.6 Å². The summed E-state index contributed by atoms with van der Waals surface area (Å²) in [4.78, 5) is 22.4. The molecule has 0 aromatic heterocycles. The van der Waals surface area contributed by atoms with Gasteiger partial charge in [-0.25, -0.2) is 9.59 Å². The number of nitrogens with one attached hydrogen (secondary N) is 2. The summed E-state index contributed by atoms with van der Waals surface area (Å²) < 4.78 is 5.20. The van der Waals surface area contributed by atoms with Gasteiger partial charge in [-0.1, -0.05) is 26.0 Å². The molecular weight excluding hydrogens is 248 g/mol. The first-order chi connectivity index (χ1) is 8.82. The van der Waals surface area contributed by atoms with Crippen molar-refractivity contribution in [3.63, 3.8) is 0 Å². The first-order valence-corrected chi connectivity index (χ1v) is 6.32. The molecule has 0 aliphatic rings.